The van der Waals surface area contributed by atoms with Crippen LogP contribution < -0.4 is 14.9 Å². The lowest BCUT2D eigenvalue weighted by Gasteiger charge is -2.50. The molecule has 4 atom stereocenters. The van der Waals surface area contributed by atoms with E-state index in [1.54, 1.807) is 14.2 Å². The standard InChI is InChI=1S/C22H25BO6/c1-14-26-13-20(27-14)22-11-16-17(24-2)9-10-18(25-3)21(16)19(12-22)28-23(29-22)15-7-5-4-6-8-15/h4-10,14,19-20H,11-13H2,1-3H3/t14-,19-,20-,22?/m1/s1. The van der Waals surface area contributed by atoms with Gasteiger partial charge in [-0.2, -0.15) is 0 Å². The minimum atomic E-state index is -0.569. The molecule has 0 spiro atoms. The summed E-state index contributed by atoms with van der Waals surface area (Å²) in [6.07, 6.45) is 0.699. The van der Waals surface area contributed by atoms with Crippen LogP contribution in [0.15, 0.2) is 42.5 Å². The van der Waals surface area contributed by atoms with Crippen molar-refractivity contribution in [2.75, 3.05) is 20.8 Å². The van der Waals surface area contributed by atoms with Crippen molar-refractivity contribution in [3.63, 3.8) is 0 Å². The number of methoxy groups -OCH3 is 2. The summed E-state index contributed by atoms with van der Waals surface area (Å²) < 4.78 is 36.4. The Morgan fingerprint density at radius 2 is 1.79 bits per heavy atom. The van der Waals surface area contributed by atoms with E-state index in [9.17, 15) is 0 Å². The Balaban J connectivity index is 1.62. The molecule has 1 unspecified atom stereocenters. The Labute approximate surface area is 171 Å². The van der Waals surface area contributed by atoms with Crippen LogP contribution in [0.2, 0.25) is 0 Å². The summed E-state index contributed by atoms with van der Waals surface area (Å²) in [6.45, 7) is 2.42. The second-order valence-electron chi connectivity index (χ2n) is 7.82. The average molecular weight is 396 g/mol. The van der Waals surface area contributed by atoms with Gasteiger partial charge in [0, 0.05) is 24.0 Å². The first-order valence-electron chi connectivity index (χ1n) is 10.0. The van der Waals surface area contributed by atoms with Crippen molar-refractivity contribution in [1.82, 2.24) is 0 Å². The molecule has 2 aromatic carbocycles. The molecule has 29 heavy (non-hydrogen) atoms. The average Bonchev–Trinajstić information content (AvgIpc) is 3.20. The van der Waals surface area contributed by atoms with Crippen molar-refractivity contribution in [2.45, 2.75) is 43.9 Å². The molecular formula is C22H25BO6. The molecule has 0 radical (unpaired) electrons. The number of rotatable bonds is 4. The molecule has 7 heteroatoms. The second kappa shape index (κ2) is 7.33. The highest BCUT2D eigenvalue weighted by molar-refractivity contribution is 6.61. The van der Waals surface area contributed by atoms with Crippen LogP contribution in [0.25, 0.3) is 0 Å². The van der Waals surface area contributed by atoms with Crippen molar-refractivity contribution in [2.24, 2.45) is 0 Å². The minimum absolute atomic E-state index is 0.181. The fourth-order valence-corrected chi connectivity index (χ4v) is 4.80. The predicted octanol–water partition coefficient (Wildman–Crippen LogP) is 2.63. The summed E-state index contributed by atoms with van der Waals surface area (Å²) in [5.41, 5.74) is 2.51. The maximum absolute atomic E-state index is 6.67. The van der Waals surface area contributed by atoms with Gasteiger partial charge in [0.1, 0.15) is 17.6 Å². The Kier molecular flexibility index (Phi) is 4.78. The molecule has 3 aliphatic rings. The Hall–Kier alpha value is -2.06. The SMILES string of the molecule is COc1ccc(OC)c2c1CC1([C@H]3CO[C@@H](C)O3)C[C@H]2OB(c2ccccc2)O1. The van der Waals surface area contributed by atoms with E-state index in [4.69, 9.17) is 28.3 Å². The van der Waals surface area contributed by atoms with Gasteiger partial charge in [-0.25, -0.2) is 0 Å². The van der Waals surface area contributed by atoms with Crippen molar-refractivity contribution in [1.29, 1.82) is 0 Å². The molecule has 6 nitrogen and oxygen atoms in total. The fourth-order valence-electron chi connectivity index (χ4n) is 4.80. The zero-order valence-corrected chi connectivity index (χ0v) is 16.9. The highest BCUT2D eigenvalue weighted by Crippen LogP contribution is 2.52. The second-order valence-corrected chi connectivity index (χ2v) is 7.82. The Morgan fingerprint density at radius 3 is 2.48 bits per heavy atom. The quantitative estimate of drug-likeness (QED) is 0.741. The maximum atomic E-state index is 6.67. The lowest BCUT2D eigenvalue weighted by atomic mass is 9.67. The van der Waals surface area contributed by atoms with Gasteiger partial charge in [-0.05, 0) is 24.5 Å². The molecule has 2 saturated heterocycles. The van der Waals surface area contributed by atoms with E-state index in [2.05, 4.69) is 0 Å². The summed E-state index contributed by atoms with van der Waals surface area (Å²) in [5.74, 6) is 1.62. The van der Waals surface area contributed by atoms with Crippen LogP contribution in [-0.4, -0.2) is 45.9 Å². The maximum Gasteiger partial charge on any atom is 0.494 e. The van der Waals surface area contributed by atoms with Gasteiger partial charge in [-0.15, -0.1) is 0 Å². The zero-order valence-electron chi connectivity index (χ0n) is 16.9. The predicted molar refractivity (Wildman–Crippen MR) is 108 cm³/mol. The van der Waals surface area contributed by atoms with Crippen molar-refractivity contribution < 1.29 is 28.3 Å². The third-order valence-corrected chi connectivity index (χ3v) is 6.17. The molecular weight excluding hydrogens is 371 g/mol. The molecule has 2 heterocycles. The van der Waals surface area contributed by atoms with Crippen LogP contribution >= 0.6 is 0 Å². The third-order valence-electron chi connectivity index (χ3n) is 6.17. The largest absolute Gasteiger partial charge is 0.496 e. The smallest absolute Gasteiger partial charge is 0.494 e. The van der Waals surface area contributed by atoms with Crippen molar-refractivity contribution in [3.05, 3.63) is 53.6 Å². The van der Waals surface area contributed by atoms with Gasteiger partial charge in [0.05, 0.1) is 32.5 Å². The highest BCUT2D eigenvalue weighted by Gasteiger charge is 2.56. The molecule has 152 valence electrons. The summed E-state index contributed by atoms with van der Waals surface area (Å²) in [6, 6.07) is 13.9. The zero-order chi connectivity index (χ0) is 20.0. The summed E-state index contributed by atoms with van der Waals surface area (Å²) in [5, 5.41) is 0. The molecule has 2 aromatic rings. The van der Waals surface area contributed by atoms with Crippen molar-refractivity contribution in [3.8, 4) is 11.5 Å². The van der Waals surface area contributed by atoms with E-state index in [0.717, 1.165) is 28.1 Å². The van der Waals surface area contributed by atoms with Gasteiger partial charge in [0.25, 0.3) is 0 Å². The summed E-state index contributed by atoms with van der Waals surface area (Å²) in [4.78, 5) is 0. The lowest BCUT2D eigenvalue weighted by Crippen LogP contribution is -2.61. The number of hydrogen-bond acceptors (Lipinski definition) is 6. The Bertz CT molecular complexity index is 890. The molecule has 0 N–H and O–H groups in total. The van der Waals surface area contributed by atoms with Crippen LogP contribution in [0.5, 0.6) is 11.5 Å². The van der Waals surface area contributed by atoms with Gasteiger partial charge < -0.3 is 28.3 Å². The molecule has 0 amide bonds. The highest BCUT2D eigenvalue weighted by atomic mass is 16.7. The van der Waals surface area contributed by atoms with Crippen LogP contribution in [0, 0.1) is 0 Å². The van der Waals surface area contributed by atoms with Gasteiger partial charge >= 0.3 is 7.12 Å². The first-order chi connectivity index (χ1) is 14.1. The summed E-state index contributed by atoms with van der Waals surface area (Å²) >= 11 is 0. The molecule has 0 saturated carbocycles. The van der Waals surface area contributed by atoms with Crippen LogP contribution in [0.4, 0.5) is 0 Å². The van der Waals surface area contributed by atoms with E-state index in [1.807, 2.05) is 49.4 Å². The van der Waals surface area contributed by atoms with Gasteiger partial charge in [-0.3, -0.25) is 0 Å². The number of fused-ring (bicyclic) bond motifs is 4. The van der Waals surface area contributed by atoms with E-state index in [-0.39, 0.29) is 18.5 Å². The van der Waals surface area contributed by atoms with Crippen molar-refractivity contribution >= 4 is 12.6 Å². The number of ether oxygens (including phenoxy) is 4. The molecule has 2 bridgehead atoms. The van der Waals surface area contributed by atoms with E-state index < -0.39 is 12.7 Å². The third kappa shape index (κ3) is 3.13. The monoisotopic (exact) mass is 396 g/mol. The van der Waals surface area contributed by atoms with Gasteiger partial charge in [0.15, 0.2) is 6.29 Å². The van der Waals surface area contributed by atoms with Crippen LogP contribution in [0.1, 0.15) is 30.6 Å². The fraction of sp³-hybridized carbons (Fsp3) is 0.455. The minimum Gasteiger partial charge on any atom is -0.496 e. The van der Waals surface area contributed by atoms with E-state index in [0.29, 0.717) is 19.4 Å². The number of hydrogen-bond donors (Lipinski definition) is 0. The summed E-state index contributed by atoms with van der Waals surface area (Å²) in [7, 11) is 2.89. The topological polar surface area (TPSA) is 55.4 Å². The van der Waals surface area contributed by atoms with Crippen LogP contribution in [0.3, 0.4) is 0 Å². The first-order valence-corrected chi connectivity index (χ1v) is 10.0. The van der Waals surface area contributed by atoms with Gasteiger partial charge in [-0.1, -0.05) is 30.3 Å². The normalized spacial score (nSPS) is 30.7. The number of benzene rings is 2. The molecule has 5 rings (SSSR count). The van der Waals surface area contributed by atoms with E-state index >= 15 is 0 Å². The first kappa shape index (κ1) is 18.9. The Morgan fingerprint density at radius 1 is 1.03 bits per heavy atom. The van der Waals surface area contributed by atoms with Gasteiger partial charge in [0.2, 0.25) is 0 Å². The van der Waals surface area contributed by atoms with Crippen LogP contribution in [-0.2, 0) is 25.2 Å². The molecule has 2 fully saturated rings. The van der Waals surface area contributed by atoms with E-state index in [1.165, 1.54) is 0 Å². The molecule has 0 aromatic heterocycles. The molecule has 1 aliphatic carbocycles. The lowest BCUT2D eigenvalue weighted by molar-refractivity contribution is -0.146. The molecule has 2 aliphatic heterocycles.